The molecule has 6 nitrogen and oxygen atoms in total. The van der Waals surface area contributed by atoms with Crippen molar-refractivity contribution in [3.63, 3.8) is 0 Å². The maximum absolute atomic E-state index is 11.8. The second-order valence-electron chi connectivity index (χ2n) is 6.21. The molecule has 0 aliphatic carbocycles. The largest absolute Gasteiger partial charge is 0.374 e. The normalized spacial score (nSPS) is 16.2. The molecular weight excluding hydrogens is 292 g/mol. The van der Waals surface area contributed by atoms with E-state index < -0.39 is 0 Å². The SMILES string of the molecule is CC(C)c1noc(C(C)Nc2ccc(N3CCCC3=O)cc2)n1. The summed E-state index contributed by atoms with van der Waals surface area (Å²) in [5, 5.41) is 7.32. The van der Waals surface area contributed by atoms with Gasteiger partial charge in [-0.1, -0.05) is 19.0 Å². The van der Waals surface area contributed by atoms with Crippen LogP contribution in [0.25, 0.3) is 0 Å². The van der Waals surface area contributed by atoms with Crippen molar-refractivity contribution in [3.8, 4) is 0 Å². The fourth-order valence-corrected chi connectivity index (χ4v) is 2.63. The van der Waals surface area contributed by atoms with E-state index in [1.807, 2.05) is 49.9 Å². The van der Waals surface area contributed by atoms with E-state index >= 15 is 0 Å². The summed E-state index contributed by atoms with van der Waals surface area (Å²) >= 11 is 0. The van der Waals surface area contributed by atoms with E-state index in [2.05, 4.69) is 15.5 Å². The van der Waals surface area contributed by atoms with Crippen molar-refractivity contribution < 1.29 is 9.32 Å². The lowest BCUT2D eigenvalue weighted by Crippen LogP contribution is -2.23. The Kier molecular flexibility index (Phi) is 4.32. The van der Waals surface area contributed by atoms with Crippen molar-refractivity contribution in [2.24, 2.45) is 0 Å². The highest BCUT2D eigenvalue weighted by atomic mass is 16.5. The van der Waals surface area contributed by atoms with Gasteiger partial charge in [-0.15, -0.1) is 0 Å². The molecule has 0 spiro atoms. The number of carbonyl (C=O) groups excluding carboxylic acids is 1. The van der Waals surface area contributed by atoms with Gasteiger partial charge in [0.05, 0.1) is 0 Å². The molecule has 3 rings (SSSR count). The fraction of sp³-hybridized carbons (Fsp3) is 0.471. The van der Waals surface area contributed by atoms with Gasteiger partial charge in [-0.05, 0) is 37.6 Å². The van der Waals surface area contributed by atoms with Crippen LogP contribution in [0.1, 0.15) is 57.3 Å². The lowest BCUT2D eigenvalue weighted by atomic mass is 10.2. The smallest absolute Gasteiger partial charge is 0.248 e. The van der Waals surface area contributed by atoms with Gasteiger partial charge in [0.25, 0.3) is 0 Å². The fourth-order valence-electron chi connectivity index (χ4n) is 2.63. The quantitative estimate of drug-likeness (QED) is 0.914. The molecule has 122 valence electrons. The highest BCUT2D eigenvalue weighted by molar-refractivity contribution is 5.95. The van der Waals surface area contributed by atoms with Crippen molar-refractivity contribution in [2.75, 3.05) is 16.8 Å². The minimum absolute atomic E-state index is 0.0748. The first kappa shape index (κ1) is 15.5. The van der Waals surface area contributed by atoms with Gasteiger partial charge >= 0.3 is 0 Å². The lowest BCUT2D eigenvalue weighted by molar-refractivity contribution is -0.117. The molecule has 6 heteroatoms. The molecule has 1 aliphatic heterocycles. The summed E-state index contributed by atoms with van der Waals surface area (Å²) in [6.45, 7) is 6.85. The Bertz CT molecular complexity index is 678. The Labute approximate surface area is 135 Å². The summed E-state index contributed by atoms with van der Waals surface area (Å²) in [6.07, 6.45) is 1.58. The van der Waals surface area contributed by atoms with Gasteiger partial charge in [-0.3, -0.25) is 4.79 Å². The van der Waals surface area contributed by atoms with Crippen molar-refractivity contribution in [1.29, 1.82) is 0 Å². The first-order chi connectivity index (χ1) is 11.0. The third kappa shape index (κ3) is 3.36. The number of benzene rings is 1. The van der Waals surface area contributed by atoms with Crippen LogP contribution in [0.15, 0.2) is 28.8 Å². The third-order valence-electron chi connectivity index (χ3n) is 3.98. The summed E-state index contributed by atoms with van der Waals surface area (Å²) in [5.41, 5.74) is 1.91. The Morgan fingerprint density at radius 3 is 2.52 bits per heavy atom. The van der Waals surface area contributed by atoms with E-state index in [-0.39, 0.29) is 17.9 Å². The minimum Gasteiger partial charge on any atom is -0.374 e. The van der Waals surface area contributed by atoms with Gasteiger partial charge in [0.15, 0.2) is 5.82 Å². The van der Waals surface area contributed by atoms with Crippen molar-refractivity contribution in [2.45, 2.75) is 45.6 Å². The first-order valence-electron chi connectivity index (χ1n) is 8.05. The predicted molar refractivity (Wildman–Crippen MR) is 88.5 cm³/mol. The van der Waals surface area contributed by atoms with E-state index in [1.165, 1.54) is 0 Å². The van der Waals surface area contributed by atoms with Crippen LogP contribution in [0, 0.1) is 0 Å². The van der Waals surface area contributed by atoms with Gasteiger partial charge in [0.1, 0.15) is 6.04 Å². The molecule has 1 aliphatic rings. The molecular formula is C17H22N4O2. The Hall–Kier alpha value is -2.37. The van der Waals surface area contributed by atoms with E-state index in [1.54, 1.807) is 0 Å². The molecule has 23 heavy (non-hydrogen) atoms. The number of hydrogen-bond acceptors (Lipinski definition) is 5. The maximum atomic E-state index is 11.8. The molecule has 0 saturated carbocycles. The van der Waals surface area contributed by atoms with E-state index in [0.717, 1.165) is 30.2 Å². The number of amides is 1. The zero-order chi connectivity index (χ0) is 16.4. The molecule has 1 aromatic heterocycles. The van der Waals surface area contributed by atoms with Gasteiger partial charge in [0.2, 0.25) is 11.8 Å². The van der Waals surface area contributed by atoms with E-state index in [0.29, 0.717) is 12.3 Å². The molecule has 1 saturated heterocycles. The van der Waals surface area contributed by atoms with Gasteiger partial charge < -0.3 is 14.7 Å². The molecule has 0 radical (unpaired) electrons. The highest BCUT2D eigenvalue weighted by Crippen LogP contribution is 2.25. The summed E-state index contributed by atoms with van der Waals surface area (Å²) < 4.78 is 5.30. The molecule has 2 aromatic rings. The Morgan fingerprint density at radius 1 is 1.22 bits per heavy atom. The zero-order valence-electron chi connectivity index (χ0n) is 13.7. The molecule has 2 heterocycles. The number of rotatable bonds is 5. The predicted octanol–water partition coefficient (Wildman–Crippen LogP) is 3.49. The van der Waals surface area contributed by atoms with Gasteiger partial charge in [0, 0.05) is 30.3 Å². The number of anilines is 2. The average Bonchev–Trinajstić information content (AvgIpc) is 3.17. The monoisotopic (exact) mass is 314 g/mol. The van der Waals surface area contributed by atoms with Crippen molar-refractivity contribution in [1.82, 2.24) is 10.1 Å². The van der Waals surface area contributed by atoms with Gasteiger partial charge in [-0.2, -0.15) is 4.98 Å². The lowest BCUT2D eigenvalue weighted by Gasteiger charge is -2.17. The molecule has 1 atom stereocenters. The highest BCUT2D eigenvalue weighted by Gasteiger charge is 2.21. The molecule has 1 unspecified atom stereocenters. The molecule has 1 fully saturated rings. The van der Waals surface area contributed by atoms with Gasteiger partial charge in [-0.25, -0.2) is 0 Å². The molecule has 0 bridgehead atoms. The van der Waals surface area contributed by atoms with Crippen LogP contribution in [-0.4, -0.2) is 22.6 Å². The second-order valence-corrected chi connectivity index (χ2v) is 6.21. The first-order valence-corrected chi connectivity index (χ1v) is 8.05. The summed E-state index contributed by atoms with van der Waals surface area (Å²) in [5.74, 6) is 1.74. The second kappa shape index (κ2) is 6.40. The van der Waals surface area contributed by atoms with Crippen molar-refractivity contribution >= 4 is 17.3 Å². The van der Waals surface area contributed by atoms with Crippen LogP contribution in [0.2, 0.25) is 0 Å². The number of aromatic nitrogens is 2. The molecule has 1 amide bonds. The summed E-state index contributed by atoms with van der Waals surface area (Å²) in [4.78, 5) is 18.0. The number of nitrogens with one attached hydrogen (secondary N) is 1. The Balaban J connectivity index is 1.66. The van der Waals surface area contributed by atoms with Crippen LogP contribution >= 0.6 is 0 Å². The van der Waals surface area contributed by atoms with Crippen molar-refractivity contribution in [3.05, 3.63) is 36.0 Å². The summed E-state index contributed by atoms with van der Waals surface area (Å²) in [7, 11) is 0. The summed E-state index contributed by atoms with van der Waals surface area (Å²) in [6, 6.07) is 7.79. The number of carbonyl (C=O) groups is 1. The number of nitrogens with zero attached hydrogens (tertiary/aromatic N) is 3. The minimum atomic E-state index is -0.0748. The van der Waals surface area contributed by atoms with Crippen LogP contribution in [0.5, 0.6) is 0 Å². The van der Waals surface area contributed by atoms with Crippen LogP contribution < -0.4 is 10.2 Å². The average molecular weight is 314 g/mol. The topological polar surface area (TPSA) is 71.3 Å². The van der Waals surface area contributed by atoms with E-state index in [4.69, 9.17) is 4.52 Å². The standard InChI is InChI=1S/C17H22N4O2/c1-11(2)16-19-17(23-20-16)12(3)18-13-6-8-14(9-7-13)21-10-4-5-15(21)22/h6-9,11-12,18H,4-5,10H2,1-3H3. The maximum Gasteiger partial charge on any atom is 0.248 e. The van der Waals surface area contributed by atoms with E-state index in [9.17, 15) is 4.79 Å². The number of hydrogen-bond donors (Lipinski definition) is 1. The van der Waals surface area contributed by atoms with Crippen LogP contribution in [0.4, 0.5) is 11.4 Å². The zero-order valence-corrected chi connectivity index (χ0v) is 13.7. The van der Waals surface area contributed by atoms with Crippen LogP contribution in [-0.2, 0) is 4.79 Å². The van der Waals surface area contributed by atoms with Crippen LogP contribution in [0.3, 0.4) is 0 Å². The molecule has 1 aromatic carbocycles. The Morgan fingerprint density at radius 2 is 1.96 bits per heavy atom. The third-order valence-corrected chi connectivity index (χ3v) is 3.98. The molecule has 1 N–H and O–H groups in total.